The summed E-state index contributed by atoms with van der Waals surface area (Å²) in [5, 5.41) is 41.8. The number of hydrogen-bond acceptors (Lipinski definition) is 4. The van der Waals surface area contributed by atoms with Gasteiger partial charge in [0.1, 0.15) is 0 Å². The van der Waals surface area contributed by atoms with Crippen LogP contribution in [-0.4, -0.2) is 45.3 Å². The highest BCUT2D eigenvalue weighted by Crippen LogP contribution is 2.68. The maximum absolute atomic E-state index is 11.3. The predicted octanol–water partition coefficient (Wildman–Crippen LogP) is 4.38. The highest BCUT2D eigenvalue weighted by Gasteiger charge is 2.63. The topological polar surface area (TPSA) is 80.9 Å². The third kappa shape index (κ3) is 4.02. The van der Waals surface area contributed by atoms with Gasteiger partial charge in [0.2, 0.25) is 0 Å². The smallest absolute Gasteiger partial charge is 0.0580 e. The third-order valence-electron chi connectivity index (χ3n) is 11.2. The van der Waals surface area contributed by atoms with Crippen molar-refractivity contribution in [2.45, 2.75) is 110 Å². The van der Waals surface area contributed by atoms with E-state index in [0.717, 1.165) is 44.4 Å². The molecule has 0 spiro atoms. The minimum atomic E-state index is -0.407. The Morgan fingerprint density at radius 1 is 0.871 bits per heavy atom. The van der Waals surface area contributed by atoms with Crippen molar-refractivity contribution in [2.75, 3.05) is 6.61 Å². The fourth-order valence-electron chi connectivity index (χ4n) is 9.29. The van der Waals surface area contributed by atoms with E-state index >= 15 is 0 Å². The van der Waals surface area contributed by atoms with E-state index in [-0.39, 0.29) is 42.0 Å². The van der Waals surface area contributed by atoms with E-state index in [1.165, 1.54) is 19.3 Å². The summed E-state index contributed by atoms with van der Waals surface area (Å²) >= 11 is 0. The van der Waals surface area contributed by atoms with Crippen molar-refractivity contribution < 1.29 is 20.4 Å². The van der Waals surface area contributed by atoms with Crippen LogP contribution in [0.3, 0.4) is 0 Å². The van der Waals surface area contributed by atoms with E-state index in [1.807, 2.05) is 6.92 Å². The molecule has 4 aliphatic rings. The van der Waals surface area contributed by atoms with Gasteiger partial charge in [-0.15, -0.1) is 0 Å². The third-order valence-corrected chi connectivity index (χ3v) is 11.2. The summed E-state index contributed by atoms with van der Waals surface area (Å²) in [5.41, 5.74) is 0.471. The van der Waals surface area contributed by atoms with Gasteiger partial charge in [-0.3, -0.25) is 0 Å². The molecule has 4 saturated carbocycles. The Kier molecular flexibility index (Phi) is 6.88. The van der Waals surface area contributed by atoms with Crippen molar-refractivity contribution in [3.63, 3.8) is 0 Å². The molecular formula is C27H48O4. The summed E-state index contributed by atoms with van der Waals surface area (Å²) in [6, 6.07) is 0. The van der Waals surface area contributed by atoms with Gasteiger partial charge < -0.3 is 20.4 Å². The molecule has 4 heteroatoms. The van der Waals surface area contributed by atoms with Crippen molar-refractivity contribution in [1.82, 2.24) is 0 Å². The van der Waals surface area contributed by atoms with Crippen LogP contribution in [0.5, 0.6) is 0 Å². The lowest BCUT2D eigenvalue weighted by Crippen LogP contribution is -2.54. The molecule has 4 nitrogen and oxygen atoms in total. The number of hydrogen-bond donors (Lipinski definition) is 4. The minimum absolute atomic E-state index is 0.0872. The molecule has 4 rings (SSSR count). The molecule has 12 atom stereocenters. The van der Waals surface area contributed by atoms with Gasteiger partial charge in [0, 0.05) is 6.61 Å². The second-order valence-corrected chi connectivity index (χ2v) is 12.8. The predicted molar refractivity (Wildman–Crippen MR) is 123 cm³/mol. The molecule has 180 valence electrons. The van der Waals surface area contributed by atoms with Crippen LogP contribution >= 0.6 is 0 Å². The van der Waals surface area contributed by atoms with Crippen molar-refractivity contribution in [3.05, 3.63) is 0 Å². The Labute approximate surface area is 189 Å². The summed E-state index contributed by atoms with van der Waals surface area (Å²) in [5.74, 6) is 3.11. The van der Waals surface area contributed by atoms with Crippen molar-refractivity contribution >= 4 is 0 Å². The average molecular weight is 437 g/mol. The monoisotopic (exact) mass is 436 g/mol. The Balaban J connectivity index is 1.50. The first-order valence-corrected chi connectivity index (χ1v) is 13.3. The molecule has 0 aromatic heterocycles. The summed E-state index contributed by atoms with van der Waals surface area (Å²) < 4.78 is 0. The van der Waals surface area contributed by atoms with Crippen LogP contribution in [0.2, 0.25) is 0 Å². The minimum Gasteiger partial charge on any atom is -0.396 e. The summed E-state index contributed by atoms with van der Waals surface area (Å²) in [6.07, 6.45) is 9.62. The Hall–Kier alpha value is -0.160. The molecule has 31 heavy (non-hydrogen) atoms. The summed E-state index contributed by atoms with van der Waals surface area (Å²) in [6.45, 7) is 9.30. The molecule has 0 heterocycles. The molecule has 4 aliphatic carbocycles. The maximum Gasteiger partial charge on any atom is 0.0580 e. The molecule has 0 unspecified atom stereocenters. The molecule has 0 aromatic carbocycles. The highest BCUT2D eigenvalue weighted by molar-refractivity contribution is 5.12. The second kappa shape index (κ2) is 8.89. The van der Waals surface area contributed by atoms with Crippen LogP contribution in [0.15, 0.2) is 0 Å². The Bertz CT molecular complexity index is 624. The molecule has 0 radical (unpaired) electrons. The van der Waals surface area contributed by atoms with Gasteiger partial charge in [0.05, 0.1) is 18.3 Å². The van der Waals surface area contributed by atoms with Crippen LogP contribution in [0.1, 0.15) is 91.9 Å². The van der Waals surface area contributed by atoms with Crippen molar-refractivity contribution in [3.8, 4) is 0 Å². The van der Waals surface area contributed by atoms with E-state index in [9.17, 15) is 20.4 Å². The molecule has 4 fully saturated rings. The van der Waals surface area contributed by atoms with E-state index < -0.39 is 6.10 Å². The molecular weight excluding hydrogens is 388 g/mol. The van der Waals surface area contributed by atoms with Crippen molar-refractivity contribution in [1.29, 1.82) is 0 Å². The summed E-state index contributed by atoms with van der Waals surface area (Å²) in [7, 11) is 0. The highest BCUT2D eigenvalue weighted by atomic mass is 16.3. The van der Waals surface area contributed by atoms with E-state index in [0.29, 0.717) is 29.6 Å². The van der Waals surface area contributed by atoms with Crippen LogP contribution in [-0.2, 0) is 0 Å². The molecule has 0 amide bonds. The Morgan fingerprint density at radius 3 is 2.29 bits per heavy atom. The number of fused-ring (bicyclic) bond motifs is 5. The van der Waals surface area contributed by atoms with Crippen molar-refractivity contribution in [2.24, 2.45) is 52.3 Å². The molecule has 0 aromatic rings. The van der Waals surface area contributed by atoms with Gasteiger partial charge in [-0.25, -0.2) is 0 Å². The number of aliphatic hydroxyl groups is 4. The van der Waals surface area contributed by atoms with Gasteiger partial charge in [-0.05, 0) is 116 Å². The normalized spacial score (nSPS) is 50.1. The maximum atomic E-state index is 11.3. The zero-order valence-electron chi connectivity index (χ0n) is 20.3. The van der Waals surface area contributed by atoms with Gasteiger partial charge in [0.25, 0.3) is 0 Å². The zero-order chi connectivity index (χ0) is 22.6. The average Bonchev–Trinajstić information content (AvgIpc) is 3.01. The summed E-state index contributed by atoms with van der Waals surface area (Å²) in [4.78, 5) is 0. The fourth-order valence-corrected chi connectivity index (χ4v) is 9.29. The van der Waals surface area contributed by atoms with Crippen LogP contribution in [0.4, 0.5) is 0 Å². The lowest BCUT2D eigenvalue weighted by molar-refractivity contribution is -0.133. The van der Waals surface area contributed by atoms with E-state index in [4.69, 9.17) is 0 Å². The van der Waals surface area contributed by atoms with Gasteiger partial charge in [-0.1, -0.05) is 27.7 Å². The zero-order valence-corrected chi connectivity index (χ0v) is 20.3. The van der Waals surface area contributed by atoms with Crippen LogP contribution in [0, 0.1) is 52.3 Å². The Morgan fingerprint density at radius 2 is 1.58 bits per heavy atom. The molecule has 4 N–H and O–H groups in total. The molecule has 0 saturated heterocycles. The lowest BCUT2D eigenvalue weighted by Gasteiger charge is -2.61. The quantitative estimate of drug-likeness (QED) is 0.498. The van der Waals surface area contributed by atoms with E-state index in [1.54, 1.807) is 0 Å². The van der Waals surface area contributed by atoms with Gasteiger partial charge >= 0.3 is 0 Å². The van der Waals surface area contributed by atoms with Crippen LogP contribution in [0.25, 0.3) is 0 Å². The SMILES string of the molecule is C[C@H](CO)CC[C@H](O)[C@@H](C)[C@@H]1[C@@H](O)C[C@H]2[C@@H]3CC[C@H]4C[C@@H](O)CC[C@]4(C)[C@H]3CC[C@]12C. The fraction of sp³-hybridized carbons (Fsp3) is 1.00. The molecule has 0 bridgehead atoms. The van der Waals surface area contributed by atoms with Gasteiger partial charge in [-0.2, -0.15) is 0 Å². The standard InChI is InChI=1S/C27H48O4/c1-16(15-28)5-8-23(30)17(2)25-24(31)14-22-20-7-6-18-13-19(29)9-11-26(18,3)21(20)10-12-27(22,25)4/h16-25,28-31H,5-15H2,1-4H3/t16-,17+,18-,19-,20+,21-,22-,23-,24-,25+,26-,27-/m0/s1. The van der Waals surface area contributed by atoms with Crippen LogP contribution < -0.4 is 0 Å². The largest absolute Gasteiger partial charge is 0.396 e. The van der Waals surface area contributed by atoms with Gasteiger partial charge in [0.15, 0.2) is 0 Å². The lowest BCUT2D eigenvalue weighted by atomic mass is 9.44. The first-order valence-electron chi connectivity index (χ1n) is 13.3. The first kappa shape index (κ1) is 24.0. The number of rotatable bonds is 6. The number of aliphatic hydroxyl groups excluding tert-OH is 4. The first-order chi connectivity index (χ1) is 14.6. The van der Waals surface area contributed by atoms with E-state index in [2.05, 4.69) is 20.8 Å². The second-order valence-electron chi connectivity index (χ2n) is 12.8. The molecule has 0 aliphatic heterocycles.